The Morgan fingerprint density at radius 3 is 2.27 bits per heavy atom. The third-order valence-corrected chi connectivity index (χ3v) is 1.19. The summed E-state index contributed by atoms with van der Waals surface area (Å²) < 4.78 is 34.5. The third kappa shape index (κ3) is 8.81. The van der Waals surface area contributed by atoms with Gasteiger partial charge in [0.2, 0.25) is 10.4 Å². The van der Waals surface area contributed by atoms with E-state index >= 15 is 0 Å². The molecule has 0 aliphatic rings. The number of aryl methyl sites for hydroxylation is 1. The normalized spacial score (nSPS) is 10.1. The molecular weight excluding hydrogens is 226 g/mol. The number of pyridine rings is 1. The standard InChI is InChI=1S/C7H7NO2.H2O4S/c1-8-4-2-3-6(5-8)7(9)10;1-5(2,3)4/h2-5H,1H3;(H2,1,2,3,4). The van der Waals surface area contributed by atoms with Crippen LogP contribution in [0.3, 0.4) is 0 Å². The molecule has 1 aromatic heterocycles. The van der Waals surface area contributed by atoms with Gasteiger partial charge in [0.1, 0.15) is 12.6 Å². The van der Waals surface area contributed by atoms with Gasteiger partial charge in [-0.1, -0.05) is 0 Å². The van der Waals surface area contributed by atoms with Crippen molar-refractivity contribution >= 4 is 16.4 Å². The molecule has 1 heterocycles. The third-order valence-electron chi connectivity index (χ3n) is 1.19. The summed E-state index contributed by atoms with van der Waals surface area (Å²) in [6.07, 6.45) is 3.34. The van der Waals surface area contributed by atoms with Crippen molar-refractivity contribution in [2.45, 2.75) is 0 Å². The molecule has 0 amide bonds. The molecule has 8 heteroatoms. The maximum Gasteiger partial charge on any atom is 0.341 e. The van der Waals surface area contributed by atoms with E-state index in [1.54, 1.807) is 36.1 Å². The molecule has 0 aromatic carbocycles. The molecule has 84 valence electrons. The van der Waals surface area contributed by atoms with Crippen molar-refractivity contribution < 1.29 is 32.0 Å². The fraction of sp³-hybridized carbons (Fsp3) is 0.143. The second kappa shape index (κ2) is 5.39. The molecule has 2 N–H and O–H groups in total. The summed E-state index contributed by atoms with van der Waals surface area (Å²) >= 11 is 0. The molecule has 15 heavy (non-hydrogen) atoms. The molecule has 0 spiro atoms. The van der Waals surface area contributed by atoms with Crippen molar-refractivity contribution in [2.24, 2.45) is 7.05 Å². The molecule has 1 aromatic rings. The van der Waals surface area contributed by atoms with Crippen LogP contribution in [0.4, 0.5) is 0 Å². The lowest BCUT2D eigenvalue weighted by Gasteiger charge is -1.88. The first kappa shape index (κ1) is 13.5. The van der Waals surface area contributed by atoms with Crippen molar-refractivity contribution in [3.8, 4) is 0 Å². The maximum atomic E-state index is 10.3. The van der Waals surface area contributed by atoms with E-state index in [1.165, 1.54) is 0 Å². The van der Waals surface area contributed by atoms with Gasteiger partial charge < -0.3 is 9.66 Å². The number of carbonyl (C=O) groups is 1. The van der Waals surface area contributed by atoms with Crippen LogP contribution in [0, 0.1) is 0 Å². The van der Waals surface area contributed by atoms with Crippen LogP contribution in [0.5, 0.6) is 0 Å². The second-order valence-corrected chi connectivity index (χ2v) is 3.35. The van der Waals surface area contributed by atoms with Crippen LogP contribution in [0.1, 0.15) is 10.4 Å². The molecular formula is C7H9NO6S. The van der Waals surface area contributed by atoms with Crippen molar-refractivity contribution in [1.82, 2.24) is 0 Å². The van der Waals surface area contributed by atoms with E-state index in [4.69, 9.17) is 22.6 Å². The van der Waals surface area contributed by atoms with E-state index in [2.05, 4.69) is 0 Å². The minimum Gasteiger partial charge on any atom is -0.726 e. The lowest BCUT2D eigenvalue weighted by atomic mass is 10.3. The van der Waals surface area contributed by atoms with Gasteiger partial charge in [-0.3, -0.25) is 4.55 Å². The average Bonchev–Trinajstić information content (AvgIpc) is 2.00. The summed E-state index contributed by atoms with van der Waals surface area (Å²) in [7, 11) is -3.13. The molecule has 1 rings (SSSR count). The van der Waals surface area contributed by atoms with Crippen molar-refractivity contribution in [3.63, 3.8) is 0 Å². The molecule has 0 unspecified atom stereocenters. The Balaban J connectivity index is 0.000000336. The van der Waals surface area contributed by atoms with Gasteiger partial charge in [0, 0.05) is 6.07 Å². The number of nitrogens with zero attached hydrogens (tertiary/aromatic N) is 1. The van der Waals surface area contributed by atoms with Crippen LogP contribution in [-0.4, -0.2) is 28.6 Å². The summed E-state index contributed by atoms with van der Waals surface area (Å²) in [5.74, 6) is -0.892. The first-order valence-electron chi connectivity index (χ1n) is 3.57. The molecule has 0 atom stereocenters. The summed E-state index contributed by atoms with van der Waals surface area (Å²) in [5.41, 5.74) is 0.310. The lowest BCUT2D eigenvalue weighted by Crippen LogP contribution is -2.27. The minimum absolute atomic E-state index is 0.310. The summed E-state index contributed by atoms with van der Waals surface area (Å²) in [6.45, 7) is 0. The summed E-state index contributed by atoms with van der Waals surface area (Å²) in [4.78, 5) is 10.3. The number of aromatic nitrogens is 1. The first-order chi connectivity index (χ1) is 6.70. The number of rotatable bonds is 1. The average molecular weight is 235 g/mol. The van der Waals surface area contributed by atoms with Gasteiger partial charge in [-0.15, -0.1) is 0 Å². The van der Waals surface area contributed by atoms with E-state index in [1.807, 2.05) is 0 Å². The fourth-order valence-electron chi connectivity index (χ4n) is 0.714. The predicted octanol–water partition coefficient (Wildman–Crippen LogP) is -0.786. The summed E-state index contributed by atoms with van der Waals surface area (Å²) in [6, 6.07) is 3.26. The summed E-state index contributed by atoms with van der Waals surface area (Å²) in [5, 5.41) is 8.50. The quantitative estimate of drug-likeness (QED) is 0.374. The van der Waals surface area contributed by atoms with E-state index in [9.17, 15) is 4.79 Å². The predicted molar refractivity (Wildman–Crippen MR) is 46.9 cm³/mol. The van der Waals surface area contributed by atoms with Crippen LogP contribution in [0.2, 0.25) is 0 Å². The number of hydrogen-bond acceptors (Lipinski definition) is 4. The molecule has 0 fully saturated rings. The number of carboxylic acid groups (broad SMARTS) is 1. The fourth-order valence-corrected chi connectivity index (χ4v) is 0.714. The Hall–Kier alpha value is -1.51. The van der Waals surface area contributed by atoms with Gasteiger partial charge in [0.05, 0.1) is 0 Å². The highest BCUT2D eigenvalue weighted by atomic mass is 32.3. The molecule has 0 aliphatic carbocycles. The van der Waals surface area contributed by atoms with Crippen LogP contribution in [0.25, 0.3) is 0 Å². The van der Waals surface area contributed by atoms with E-state index in [-0.39, 0.29) is 0 Å². The van der Waals surface area contributed by atoms with Gasteiger partial charge in [0.25, 0.3) is 0 Å². The minimum atomic E-state index is -4.92. The Bertz CT molecular complexity index is 433. The number of aromatic carboxylic acids is 1. The van der Waals surface area contributed by atoms with Gasteiger partial charge >= 0.3 is 5.97 Å². The molecule has 7 nitrogen and oxygen atoms in total. The van der Waals surface area contributed by atoms with Crippen molar-refractivity contribution in [1.29, 1.82) is 0 Å². The lowest BCUT2D eigenvalue weighted by molar-refractivity contribution is -0.671. The monoisotopic (exact) mass is 235 g/mol. The SMILES string of the molecule is C[n+]1cccc(C(=O)O)c1.O=S(=O)([O-])O. The molecule has 0 bridgehead atoms. The highest BCUT2D eigenvalue weighted by molar-refractivity contribution is 7.79. The number of hydrogen-bond donors (Lipinski definition) is 2. The van der Waals surface area contributed by atoms with E-state index in [0.717, 1.165) is 0 Å². The molecule has 0 saturated heterocycles. The van der Waals surface area contributed by atoms with Crippen LogP contribution in [-0.2, 0) is 17.4 Å². The molecule has 0 radical (unpaired) electrons. The molecule has 0 aliphatic heterocycles. The van der Waals surface area contributed by atoms with Gasteiger partial charge in [-0.05, 0) is 6.07 Å². The molecule has 0 saturated carbocycles. The number of carboxylic acids is 1. The zero-order valence-corrected chi connectivity index (χ0v) is 8.51. The van der Waals surface area contributed by atoms with Crippen LogP contribution >= 0.6 is 0 Å². The Labute approximate surface area is 86.2 Å². The highest BCUT2D eigenvalue weighted by Gasteiger charge is 2.04. The second-order valence-electron chi connectivity index (χ2n) is 2.49. The van der Waals surface area contributed by atoms with Crippen LogP contribution in [0.15, 0.2) is 24.5 Å². The van der Waals surface area contributed by atoms with Crippen LogP contribution < -0.4 is 4.57 Å². The zero-order valence-electron chi connectivity index (χ0n) is 7.69. The topological polar surface area (TPSA) is 119 Å². The Morgan fingerprint density at radius 2 is 2.00 bits per heavy atom. The van der Waals surface area contributed by atoms with Gasteiger partial charge in [0.15, 0.2) is 12.4 Å². The first-order valence-corrected chi connectivity index (χ1v) is 4.93. The van der Waals surface area contributed by atoms with E-state index < -0.39 is 16.4 Å². The Morgan fingerprint density at radius 1 is 1.53 bits per heavy atom. The Kier molecular flexibility index (Phi) is 4.85. The zero-order chi connectivity index (χ0) is 12.1. The van der Waals surface area contributed by atoms with Gasteiger partial charge in [-0.25, -0.2) is 17.8 Å². The van der Waals surface area contributed by atoms with Gasteiger partial charge in [-0.2, -0.15) is 0 Å². The van der Waals surface area contributed by atoms with Crippen molar-refractivity contribution in [3.05, 3.63) is 30.1 Å². The smallest absolute Gasteiger partial charge is 0.341 e. The maximum absolute atomic E-state index is 10.3. The van der Waals surface area contributed by atoms with Crippen molar-refractivity contribution in [2.75, 3.05) is 0 Å². The van der Waals surface area contributed by atoms with E-state index in [0.29, 0.717) is 5.56 Å². The largest absolute Gasteiger partial charge is 0.726 e. The highest BCUT2D eigenvalue weighted by Crippen LogP contribution is 1.91.